The number of likely N-dealkylation sites (N-methyl/N-ethyl adjacent to an activating group) is 1. The molecule has 0 aliphatic rings. The van der Waals surface area contributed by atoms with Gasteiger partial charge in [-0.3, -0.25) is 0 Å². The Labute approximate surface area is 138 Å². The van der Waals surface area contributed by atoms with Crippen molar-refractivity contribution in [2.45, 2.75) is 13.0 Å². The lowest BCUT2D eigenvalue weighted by Gasteiger charge is -2.26. The summed E-state index contributed by atoms with van der Waals surface area (Å²) >= 11 is 0. The molecule has 0 spiro atoms. The summed E-state index contributed by atoms with van der Waals surface area (Å²) in [6, 6.07) is 3.48. The van der Waals surface area contributed by atoms with Crippen LogP contribution in [0.1, 0.15) is 18.5 Å². The number of hydrogen-bond acceptors (Lipinski definition) is 6. The van der Waals surface area contributed by atoms with Crippen LogP contribution in [0.15, 0.2) is 12.1 Å². The standard InChI is InChI=1S/C15H26N2O5S/c1-7-23(18,19)16-10-12(17(2)3)11-8-13(20-4)15(22-6)14(9-11)21-5/h8-9,12,16H,7,10H2,1-6H3. The van der Waals surface area contributed by atoms with Gasteiger partial charge in [-0.05, 0) is 38.7 Å². The van der Waals surface area contributed by atoms with E-state index in [0.29, 0.717) is 17.2 Å². The first-order valence-corrected chi connectivity index (χ1v) is 8.88. The molecule has 1 atom stereocenters. The van der Waals surface area contributed by atoms with Gasteiger partial charge in [-0.15, -0.1) is 0 Å². The van der Waals surface area contributed by atoms with E-state index in [-0.39, 0.29) is 18.3 Å². The lowest BCUT2D eigenvalue weighted by molar-refractivity contribution is 0.292. The molecule has 1 unspecified atom stereocenters. The maximum absolute atomic E-state index is 11.7. The average Bonchev–Trinajstić information content (AvgIpc) is 2.53. The van der Waals surface area contributed by atoms with Crippen molar-refractivity contribution >= 4 is 10.0 Å². The third-order valence-electron chi connectivity index (χ3n) is 3.57. The van der Waals surface area contributed by atoms with E-state index in [9.17, 15) is 8.42 Å². The second-order valence-electron chi connectivity index (χ2n) is 5.19. The molecule has 1 aromatic carbocycles. The van der Waals surface area contributed by atoms with Gasteiger partial charge in [-0.25, -0.2) is 13.1 Å². The van der Waals surface area contributed by atoms with Crippen LogP contribution in [0.5, 0.6) is 17.2 Å². The normalized spacial score (nSPS) is 13.0. The van der Waals surface area contributed by atoms with Gasteiger partial charge in [0.05, 0.1) is 27.1 Å². The Bertz CT molecular complexity index is 591. The summed E-state index contributed by atoms with van der Waals surface area (Å²) in [7, 11) is 5.14. The summed E-state index contributed by atoms with van der Waals surface area (Å²) in [6.07, 6.45) is 0. The molecule has 1 aromatic rings. The average molecular weight is 346 g/mol. The molecule has 8 heteroatoms. The van der Waals surface area contributed by atoms with E-state index in [2.05, 4.69) is 4.72 Å². The van der Waals surface area contributed by atoms with Gasteiger partial charge in [0.2, 0.25) is 15.8 Å². The van der Waals surface area contributed by atoms with E-state index in [0.717, 1.165) is 5.56 Å². The number of hydrogen-bond donors (Lipinski definition) is 1. The van der Waals surface area contributed by atoms with Crippen molar-refractivity contribution < 1.29 is 22.6 Å². The first-order valence-electron chi connectivity index (χ1n) is 7.23. The molecule has 132 valence electrons. The summed E-state index contributed by atoms with van der Waals surface area (Å²) in [4.78, 5) is 1.93. The quantitative estimate of drug-likeness (QED) is 0.725. The predicted molar refractivity (Wildman–Crippen MR) is 90.0 cm³/mol. The SMILES string of the molecule is CCS(=O)(=O)NCC(c1cc(OC)c(OC)c(OC)c1)N(C)C. The topological polar surface area (TPSA) is 77.1 Å². The van der Waals surface area contributed by atoms with Crippen molar-refractivity contribution in [2.75, 3.05) is 47.7 Å². The minimum absolute atomic E-state index is 0.0441. The number of benzene rings is 1. The van der Waals surface area contributed by atoms with Crippen LogP contribution in [0, 0.1) is 0 Å². The molecule has 7 nitrogen and oxygen atoms in total. The summed E-state index contributed by atoms with van der Waals surface area (Å²) in [6.45, 7) is 1.86. The van der Waals surface area contributed by atoms with Gasteiger partial charge in [0.25, 0.3) is 0 Å². The van der Waals surface area contributed by atoms with Crippen molar-refractivity contribution in [2.24, 2.45) is 0 Å². The maximum Gasteiger partial charge on any atom is 0.211 e. The van der Waals surface area contributed by atoms with Crippen LogP contribution in [-0.4, -0.2) is 61.0 Å². The van der Waals surface area contributed by atoms with Crippen molar-refractivity contribution in [1.29, 1.82) is 0 Å². The number of rotatable bonds is 9. The Morgan fingerprint density at radius 3 is 1.96 bits per heavy atom. The smallest absolute Gasteiger partial charge is 0.211 e. The van der Waals surface area contributed by atoms with Crippen molar-refractivity contribution in [1.82, 2.24) is 9.62 Å². The summed E-state index contributed by atoms with van der Waals surface area (Å²) in [5.41, 5.74) is 0.864. The number of methoxy groups -OCH3 is 3. The fourth-order valence-electron chi connectivity index (χ4n) is 2.20. The Balaban J connectivity index is 3.22. The molecular formula is C15H26N2O5S. The number of ether oxygens (including phenoxy) is 3. The third-order valence-corrected chi connectivity index (χ3v) is 4.94. The summed E-state index contributed by atoms with van der Waals surface area (Å²) in [5, 5.41) is 0. The third kappa shape index (κ3) is 4.98. The lowest BCUT2D eigenvalue weighted by atomic mass is 10.0. The second-order valence-corrected chi connectivity index (χ2v) is 7.29. The van der Waals surface area contributed by atoms with Gasteiger partial charge < -0.3 is 19.1 Å². The highest BCUT2D eigenvalue weighted by Gasteiger charge is 2.21. The Morgan fingerprint density at radius 2 is 1.61 bits per heavy atom. The summed E-state index contributed by atoms with van der Waals surface area (Å²) in [5.74, 6) is 1.62. The molecule has 0 saturated heterocycles. The first kappa shape index (κ1) is 19.5. The molecule has 0 aliphatic heterocycles. The summed E-state index contributed by atoms with van der Waals surface area (Å²) < 4.78 is 42.0. The zero-order chi connectivity index (χ0) is 17.6. The molecule has 0 aromatic heterocycles. The van der Waals surface area contributed by atoms with Gasteiger partial charge in [0, 0.05) is 12.6 Å². The van der Waals surface area contributed by atoms with E-state index in [4.69, 9.17) is 14.2 Å². The highest BCUT2D eigenvalue weighted by atomic mass is 32.2. The van der Waals surface area contributed by atoms with Gasteiger partial charge in [-0.1, -0.05) is 0 Å². The van der Waals surface area contributed by atoms with Gasteiger partial charge in [0.1, 0.15) is 0 Å². The van der Waals surface area contributed by atoms with Crippen LogP contribution in [0.4, 0.5) is 0 Å². The molecule has 1 rings (SSSR count). The molecule has 23 heavy (non-hydrogen) atoms. The van der Waals surface area contributed by atoms with Crippen molar-refractivity contribution in [3.05, 3.63) is 17.7 Å². The van der Waals surface area contributed by atoms with Crippen LogP contribution < -0.4 is 18.9 Å². The minimum Gasteiger partial charge on any atom is -0.493 e. The molecule has 0 radical (unpaired) electrons. The van der Waals surface area contributed by atoms with E-state index >= 15 is 0 Å². The fourth-order valence-corrected chi connectivity index (χ4v) is 2.82. The molecule has 0 saturated carbocycles. The monoisotopic (exact) mass is 346 g/mol. The van der Waals surface area contributed by atoms with Gasteiger partial charge >= 0.3 is 0 Å². The first-order chi connectivity index (χ1) is 10.8. The molecule has 0 bridgehead atoms. The highest BCUT2D eigenvalue weighted by molar-refractivity contribution is 7.89. The zero-order valence-electron chi connectivity index (χ0n) is 14.5. The van der Waals surface area contributed by atoms with Gasteiger partial charge in [0.15, 0.2) is 11.5 Å². The molecule has 0 heterocycles. The number of sulfonamides is 1. The van der Waals surface area contributed by atoms with Gasteiger partial charge in [-0.2, -0.15) is 0 Å². The van der Waals surface area contributed by atoms with Crippen molar-refractivity contribution in [3.63, 3.8) is 0 Å². The van der Waals surface area contributed by atoms with Crippen LogP contribution in [-0.2, 0) is 10.0 Å². The molecular weight excluding hydrogens is 320 g/mol. The fraction of sp³-hybridized carbons (Fsp3) is 0.600. The molecule has 1 N–H and O–H groups in total. The van der Waals surface area contributed by atoms with E-state index in [1.165, 1.54) is 0 Å². The van der Waals surface area contributed by atoms with Crippen LogP contribution in [0.2, 0.25) is 0 Å². The molecule has 0 amide bonds. The van der Waals surface area contributed by atoms with E-state index < -0.39 is 10.0 Å². The molecule has 0 fully saturated rings. The second kappa shape index (κ2) is 8.37. The van der Waals surface area contributed by atoms with Crippen LogP contribution in [0.3, 0.4) is 0 Å². The Hall–Kier alpha value is -1.51. The Kier molecular flexibility index (Phi) is 7.11. The predicted octanol–water partition coefficient (Wildman–Crippen LogP) is 1.25. The van der Waals surface area contributed by atoms with Crippen molar-refractivity contribution in [3.8, 4) is 17.2 Å². The molecule has 0 aliphatic carbocycles. The minimum atomic E-state index is -3.26. The lowest BCUT2D eigenvalue weighted by Crippen LogP contribution is -2.35. The van der Waals surface area contributed by atoms with E-state index in [1.54, 1.807) is 28.3 Å². The Morgan fingerprint density at radius 1 is 1.09 bits per heavy atom. The zero-order valence-corrected chi connectivity index (χ0v) is 15.4. The number of nitrogens with zero attached hydrogens (tertiary/aromatic N) is 1. The van der Waals surface area contributed by atoms with Crippen LogP contribution in [0.25, 0.3) is 0 Å². The number of nitrogens with one attached hydrogen (secondary N) is 1. The van der Waals surface area contributed by atoms with Crippen LogP contribution >= 0.6 is 0 Å². The van der Waals surface area contributed by atoms with E-state index in [1.807, 2.05) is 31.1 Å². The highest BCUT2D eigenvalue weighted by Crippen LogP contribution is 2.40. The maximum atomic E-state index is 11.7. The largest absolute Gasteiger partial charge is 0.493 e.